The number of nitrogens with one attached hydrogen (secondary N) is 1. The van der Waals surface area contributed by atoms with E-state index >= 15 is 0 Å². The Morgan fingerprint density at radius 1 is 1.26 bits per heavy atom. The van der Waals surface area contributed by atoms with Gasteiger partial charge in [0.15, 0.2) is 0 Å². The maximum absolute atomic E-state index is 11.6. The summed E-state index contributed by atoms with van der Waals surface area (Å²) in [5, 5.41) is 2.79. The lowest BCUT2D eigenvalue weighted by Gasteiger charge is -2.11. The SMILES string of the molecule is COC(=O)c1cc(CNC(=O)C(C)C)ccc1OC. The van der Waals surface area contributed by atoms with Crippen LogP contribution in [0.4, 0.5) is 0 Å². The maximum Gasteiger partial charge on any atom is 0.341 e. The summed E-state index contributed by atoms with van der Waals surface area (Å²) in [6, 6.07) is 5.14. The van der Waals surface area contributed by atoms with Crippen LogP contribution in [0.5, 0.6) is 5.75 Å². The van der Waals surface area contributed by atoms with Crippen LogP contribution in [0.3, 0.4) is 0 Å². The van der Waals surface area contributed by atoms with Gasteiger partial charge in [-0.3, -0.25) is 4.79 Å². The van der Waals surface area contributed by atoms with Gasteiger partial charge >= 0.3 is 5.97 Å². The molecule has 0 aliphatic heterocycles. The number of ether oxygens (including phenoxy) is 2. The Hall–Kier alpha value is -2.04. The van der Waals surface area contributed by atoms with Crippen molar-refractivity contribution in [3.63, 3.8) is 0 Å². The minimum absolute atomic E-state index is 0.0320. The lowest BCUT2D eigenvalue weighted by Crippen LogP contribution is -2.27. The van der Waals surface area contributed by atoms with E-state index in [0.29, 0.717) is 17.9 Å². The largest absolute Gasteiger partial charge is 0.496 e. The van der Waals surface area contributed by atoms with Crippen molar-refractivity contribution >= 4 is 11.9 Å². The molecule has 0 heterocycles. The van der Waals surface area contributed by atoms with Crippen molar-refractivity contribution in [2.45, 2.75) is 20.4 Å². The summed E-state index contributed by atoms with van der Waals surface area (Å²) in [5.74, 6) is -0.117. The fourth-order valence-electron chi connectivity index (χ4n) is 1.53. The van der Waals surface area contributed by atoms with Gasteiger partial charge in [0.25, 0.3) is 0 Å². The molecule has 5 nitrogen and oxygen atoms in total. The molecule has 0 atom stereocenters. The van der Waals surface area contributed by atoms with E-state index in [4.69, 9.17) is 9.47 Å². The fourth-order valence-corrected chi connectivity index (χ4v) is 1.53. The Bertz CT molecular complexity index is 469. The van der Waals surface area contributed by atoms with E-state index in [1.165, 1.54) is 14.2 Å². The molecular formula is C14H19NO4. The zero-order valence-corrected chi connectivity index (χ0v) is 11.6. The van der Waals surface area contributed by atoms with Gasteiger partial charge in [0, 0.05) is 12.5 Å². The Labute approximate surface area is 112 Å². The summed E-state index contributed by atoms with van der Waals surface area (Å²) in [6.07, 6.45) is 0. The van der Waals surface area contributed by atoms with Crippen LogP contribution in [0.1, 0.15) is 29.8 Å². The highest BCUT2D eigenvalue weighted by Crippen LogP contribution is 2.20. The quantitative estimate of drug-likeness (QED) is 0.824. The molecular weight excluding hydrogens is 246 g/mol. The average molecular weight is 265 g/mol. The molecule has 5 heteroatoms. The van der Waals surface area contributed by atoms with Crippen molar-refractivity contribution < 1.29 is 19.1 Å². The Kier molecular flexibility index (Phi) is 5.36. The summed E-state index contributed by atoms with van der Waals surface area (Å²) in [7, 11) is 2.80. The van der Waals surface area contributed by atoms with Crippen LogP contribution in [-0.4, -0.2) is 26.1 Å². The molecule has 0 fully saturated rings. The molecule has 1 aromatic carbocycles. The summed E-state index contributed by atoms with van der Waals surface area (Å²) < 4.78 is 9.79. The monoisotopic (exact) mass is 265 g/mol. The molecule has 1 rings (SSSR count). The Morgan fingerprint density at radius 2 is 1.95 bits per heavy atom. The number of hydrogen-bond acceptors (Lipinski definition) is 4. The number of methoxy groups -OCH3 is 2. The van der Waals surface area contributed by atoms with Gasteiger partial charge in [-0.25, -0.2) is 4.79 Å². The second-order valence-electron chi connectivity index (χ2n) is 4.40. The van der Waals surface area contributed by atoms with Gasteiger partial charge in [0.05, 0.1) is 14.2 Å². The molecule has 0 unspecified atom stereocenters. The van der Waals surface area contributed by atoms with Crippen molar-refractivity contribution in [3.05, 3.63) is 29.3 Å². The summed E-state index contributed by atoms with van der Waals surface area (Å²) in [6.45, 7) is 4.01. The van der Waals surface area contributed by atoms with Crippen molar-refractivity contribution in [1.82, 2.24) is 5.32 Å². The zero-order valence-electron chi connectivity index (χ0n) is 11.6. The van der Waals surface area contributed by atoms with Gasteiger partial charge in [0.2, 0.25) is 5.91 Å². The van der Waals surface area contributed by atoms with Crippen LogP contribution in [0, 0.1) is 5.92 Å². The molecule has 1 amide bonds. The van der Waals surface area contributed by atoms with E-state index in [2.05, 4.69) is 5.32 Å². The molecule has 1 N–H and O–H groups in total. The first-order valence-corrected chi connectivity index (χ1v) is 6.02. The van der Waals surface area contributed by atoms with Gasteiger partial charge in [0.1, 0.15) is 11.3 Å². The van der Waals surface area contributed by atoms with E-state index in [0.717, 1.165) is 5.56 Å². The third-order valence-corrected chi connectivity index (χ3v) is 2.66. The van der Waals surface area contributed by atoms with E-state index in [1.54, 1.807) is 18.2 Å². The van der Waals surface area contributed by atoms with E-state index < -0.39 is 5.97 Å². The van der Waals surface area contributed by atoms with Crippen LogP contribution in [0.25, 0.3) is 0 Å². The summed E-state index contributed by atoms with van der Waals surface area (Å²) >= 11 is 0. The normalized spacial score (nSPS) is 10.2. The molecule has 19 heavy (non-hydrogen) atoms. The first-order valence-electron chi connectivity index (χ1n) is 6.02. The van der Waals surface area contributed by atoms with Gasteiger partial charge < -0.3 is 14.8 Å². The highest BCUT2D eigenvalue weighted by Gasteiger charge is 2.14. The Balaban J connectivity index is 2.86. The molecule has 0 spiro atoms. The lowest BCUT2D eigenvalue weighted by atomic mass is 10.1. The Morgan fingerprint density at radius 3 is 2.47 bits per heavy atom. The molecule has 0 bridgehead atoms. The second kappa shape index (κ2) is 6.78. The third kappa shape index (κ3) is 3.98. The number of benzene rings is 1. The van der Waals surface area contributed by atoms with Crippen molar-refractivity contribution in [2.24, 2.45) is 5.92 Å². The standard InChI is InChI=1S/C14H19NO4/c1-9(2)13(16)15-8-10-5-6-12(18-3)11(7-10)14(17)19-4/h5-7,9H,8H2,1-4H3,(H,15,16). The molecule has 0 aromatic heterocycles. The number of esters is 1. The second-order valence-corrected chi connectivity index (χ2v) is 4.40. The molecule has 0 radical (unpaired) electrons. The zero-order chi connectivity index (χ0) is 14.4. The van der Waals surface area contributed by atoms with Crippen LogP contribution in [0.2, 0.25) is 0 Å². The van der Waals surface area contributed by atoms with Gasteiger partial charge in [-0.1, -0.05) is 19.9 Å². The first kappa shape index (κ1) is 15.0. The maximum atomic E-state index is 11.6. The number of amides is 1. The average Bonchev–Trinajstić information content (AvgIpc) is 2.43. The molecule has 0 aliphatic rings. The van der Waals surface area contributed by atoms with Gasteiger partial charge in [-0.05, 0) is 17.7 Å². The van der Waals surface area contributed by atoms with E-state index in [-0.39, 0.29) is 11.8 Å². The minimum atomic E-state index is -0.464. The van der Waals surface area contributed by atoms with E-state index in [1.807, 2.05) is 13.8 Å². The predicted molar refractivity (Wildman–Crippen MR) is 71.0 cm³/mol. The smallest absolute Gasteiger partial charge is 0.341 e. The van der Waals surface area contributed by atoms with Crippen molar-refractivity contribution in [2.75, 3.05) is 14.2 Å². The summed E-state index contributed by atoms with van der Waals surface area (Å²) in [5.41, 5.74) is 1.16. The fraction of sp³-hybridized carbons (Fsp3) is 0.429. The number of carbonyl (C=O) groups is 2. The van der Waals surface area contributed by atoms with Crippen molar-refractivity contribution in [1.29, 1.82) is 0 Å². The minimum Gasteiger partial charge on any atom is -0.496 e. The summed E-state index contributed by atoms with van der Waals surface area (Å²) in [4.78, 5) is 23.1. The highest BCUT2D eigenvalue weighted by molar-refractivity contribution is 5.92. The topological polar surface area (TPSA) is 64.6 Å². The molecule has 1 aromatic rings. The van der Waals surface area contributed by atoms with Crippen LogP contribution in [-0.2, 0) is 16.1 Å². The predicted octanol–water partition coefficient (Wildman–Crippen LogP) is 1.75. The highest BCUT2D eigenvalue weighted by atomic mass is 16.5. The van der Waals surface area contributed by atoms with Crippen LogP contribution < -0.4 is 10.1 Å². The van der Waals surface area contributed by atoms with Crippen molar-refractivity contribution in [3.8, 4) is 5.75 Å². The van der Waals surface area contributed by atoms with Crippen LogP contribution in [0.15, 0.2) is 18.2 Å². The van der Waals surface area contributed by atoms with Gasteiger partial charge in [-0.15, -0.1) is 0 Å². The molecule has 0 aliphatic carbocycles. The van der Waals surface area contributed by atoms with E-state index in [9.17, 15) is 9.59 Å². The number of hydrogen-bond donors (Lipinski definition) is 1. The first-order chi connectivity index (χ1) is 8.99. The molecule has 0 saturated heterocycles. The number of rotatable bonds is 5. The van der Waals surface area contributed by atoms with Gasteiger partial charge in [-0.2, -0.15) is 0 Å². The number of carbonyl (C=O) groups excluding carboxylic acids is 2. The third-order valence-electron chi connectivity index (χ3n) is 2.66. The lowest BCUT2D eigenvalue weighted by molar-refractivity contribution is -0.124. The molecule has 0 saturated carbocycles. The molecule has 104 valence electrons. The van der Waals surface area contributed by atoms with Crippen LogP contribution >= 0.6 is 0 Å².